The highest BCUT2D eigenvalue weighted by atomic mass is 16.8. The van der Waals surface area contributed by atoms with Gasteiger partial charge in [0.2, 0.25) is 0 Å². The van der Waals surface area contributed by atoms with Gasteiger partial charge in [-0.3, -0.25) is 0 Å². The molecule has 0 radical (unpaired) electrons. The van der Waals surface area contributed by atoms with Crippen LogP contribution in [0, 0.1) is 0 Å². The molecule has 1 unspecified atom stereocenters. The number of ether oxygens (including phenoxy) is 1. The third-order valence-corrected chi connectivity index (χ3v) is 4.59. The van der Waals surface area contributed by atoms with E-state index in [4.69, 9.17) is 14.6 Å². The molecule has 2 aromatic carbocycles. The van der Waals surface area contributed by atoms with E-state index in [1.54, 1.807) is 0 Å². The molecule has 6 nitrogen and oxygen atoms in total. The fourth-order valence-corrected chi connectivity index (χ4v) is 3.42. The zero-order valence-corrected chi connectivity index (χ0v) is 14.3. The van der Waals surface area contributed by atoms with E-state index in [-0.39, 0.29) is 0 Å². The van der Waals surface area contributed by atoms with Crippen LogP contribution < -0.4 is 4.90 Å². The number of hydroxylamine groups is 2. The number of amides is 1. The van der Waals surface area contributed by atoms with Gasteiger partial charge in [-0.05, 0) is 31.5 Å². The van der Waals surface area contributed by atoms with Crippen LogP contribution in [0.3, 0.4) is 0 Å². The lowest BCUT2D eigenvalue weighted by Gasteiger charge is -2.34. The van der Waals surface area contributed by atoms with Gasteiger partial charge in [0.25, 0.3) is 0 Å². The summed E-state index contributed by atoms with van der Waals surface area (Å²) in [5.41, 5.74) is 1.76. The van der Waals surface area contributed by atoms with Crippen LogP contribution >= 0.6 is 0 Å². The molecule has 0 bridgehead atoms. The molecule has 1 saturated heterocycles. The van der Waals surface area contributed by atoms with E-state index in [0.29, 0.717) is 5.69 Å². The smallest absolute Gasteiger partial charge is 0.343 e. The van der Waals surface area contributed by atoms with E-state index in [2.05, 4.69) is 0 Å². The first kappa shape index (κ1) is 15.8. The van der Waals surface area contributed by atoms with E-state index in [1.807, 2.05) is 74.5 Å². The number of rotatable bonds is 3. The minimum Gasteiger partial charge on any atom is -0.343 e. The van der Waals surface area contributed by atoms with Crippen molar-refractivity contribution >= 4 is 17.5 Å². The van der Waals surface area contributed by atoms with Gasteiger partial charge in [-0.15, -0.1) is 0 Å². The average Bonchev–Trinajstić information content (AvgIpc) is 3.05. The lowest BCUT2D eigenvalue weighted by molar-refractivity contribution is -0.243. The van der Waals surface area contributed by atoms with Crippen molar-refractivity contribution < 1.29 is 14.4 Å². The fraction of sp³-hybridized carbons (Fsp3) is 0.263. The molecule has 0 aromatic heterocycles. The van der Waals surface area contributed by atoms with E-state index >= 15 is 0 Å². The quantitative estimate of drug-likeness (QED) is 0.861. The number of hydrogen-bond donors (Lipinski definition) is 0. The monoisotopic (exact) mass is 337 g/mol. The summed E-state index contributed by atoms with van der Waals surface area (Å²) in [5.74, 6) is -1.37. The van der Waals surface area contributed by atoms with Gasteiger partial charge in [-0.25, -0.2) is 14.7 Å². The van der Waals surface area contributed by atoms with Crippen LogP contribution in [0.5, 0.6) is 0 Å². The molecule has 0 spiro atoms. The molecular weight excluding hydrogens is 318 g/mol. The molecule has 25 heavy (non-hydrogen) atoms. The molecule has 2 aliphatic heterocycles. The van der Waals surface area contributed by atoms with Crippen molar-refractivity contribution in [1.29, 1.82) is 0 Å². The Balaban J connectivity index is 1.90. The number of fused-ring (bicyclic) bond motifs is 1. The van der Waals surface area contributed by atoms with Crippen molar-refractivity contribution in [3.8, 4) is 0 Å². The maximum absolute atomic E-state index is 12.6. The molecule has 2 aliphatic rings. The van der Waals surface area contributed by atoms with Crippen LogP contribution in [-0.2, 0) is 9.57 Å². The number of carbonyl (C=O) groups is 1. The second-order valence-corrected chi connectivity index (χ2v) is 6.49. The van der Waals surface area contributed by atoms with Gasteiger partial charge in [-0.2, -0.15) is 0 Å². The number of para-hydroxylation sites is 1. The van der Waals surface area contributed by atoms with Crippen LogP contribution in [0.15, 0.2) is 65.7 Å². The Kier molecular flexibility index (Phi) is 3.42. The number of anilines is 1. The Hall–Kier alpha value is -2.70. The van der Waals surface area contributed by atoms with Crippen LogP contribution in [0.25, 0.3) is 0 Å². The van der Waals surface area contributed by atoms with Gasteiger partial charge in [0.15, 0.2) is 0 Å². The van der Waals surface area contributed by atoms with Gasteiger partial charge in [-0.1, -0.05) is 53.6 Å². The largest absolute Gasteiger partial charge is 0.438 e. The summed E-state index contributed by atoms with van der Waals surface area (Å²) in [6.45, 7) is 3.92. The zero-order valence-electron chi connectivity index (χ0n) is 14.3. The van der Waals surface area contributed by atoms with E-state index in [0.717, 1.165) is 11.3 Å². The molecular formula is C19H19N3O3. The predicted octanol–water partition coefficient (Wildman–Crippen LogP) is 3.40. The second-order valence-electron chi connectivity index (χ2n) is 6.49. The van der Waals surface area contributed by atoms with Crippen LogP contribution in [0.4, 0.5) is 10.5 Å². The van der Waals surface area contributed by atoms with Gasteiger partial charge in [0.1, 0.15) is 5.54 Å². The van der Waals surface area contributed by atoms with Crippen molar-refractivity contribution in [3.63, 3.8) is 0 Å². The second kappa shape index (κ2) is 5.40. The van der Waals surface area contributed by atoms with Crippen molar-refractivity contribution in [3.05, 3.63) is 66.2 Å². The zero-order chi connectivity index (χ0) is 17.7. The first-order chi connectivity index (χ1) is 12.0. The lowest BCUT2D eigenvalue weighted by atomic mass is 9.93. The maximum atomic E-state index is 12.6. The summed E-state index contributed by atoms with van der Waals surface area (Å²) < 4.78 is 5.77. The number of methoxy groups -OCH3 is 1. The molecule has 2 aromatic rings. The number of nitrogens with zero attached hydrogens (tertiary/aromatic N) is 3. The molecule has 0 saturated carbocycles. The molecule has 1 amide bonds. The maximum Gasteiger partial charge on any atom is 0.438 e. The standard InChI is InChI=1S/C19H19N3O3/c1-18(2)16(14-10-6-4-7-11-14)20-19(24-3)21(17(23)25-22(18)19)15-12-8-5-9-13-15/h4-13H,1-3H3. The summed E-state index contributed by atoms with van der Waals surface area (Å²) in [7, 11) is 1.53. The SMILES string of the molecule is COC12N=C(c3ccccc3)C(C)(C)N1OC(=O)N2c1ccccc1. The number of aliphatic imine (C=N–C) groups is 1. The Morgan fingerprint density at radius 1 is 1.00 bits per heavy atom. The normalized spacial score (nSPS) is 24.8. The molecule has 0 N–H and O–H groups in total. The summed E-state index contributed by atoms with van der Waals surface area (Å²) in [5, 5.41) is 1.53. The van der Waals surface area contributed by atoms with Crippen LogP contribution in [0.1, 0.15) is 19.4 Å². The van der Waals surface area contributed by atoms with Crippen molar-refractivity contribution in [2.75, 3.05) is 12.0 Å². The number of benzene rings is 2. The fourth-order valence-electron chi connectivity index (χ4n) is 3.42. The Morgan fingerprint density at radius 2 is 1.60 bits per heavy atom. The summed E-state index contributed by atoms with van der Waals surface area (Å²) in [4.78, 5) is 24.5. The van der Waals surface area contributed by atoms with E-state index in [1.165, 1.54) is 17.1 Å². The van der Waals surface area contributed by atoms with Gasteiger partial charge < -0.3 is 9.57 Å². The highest BCUT2D eigenvalue weighted by Crippen LogP contribution is 2.46. The highest BCUT2D eigenvalue weighted by molar-refractivity contribution is 6.09. The first-order valence-electron chi connectivity index (χ1n) is 8.09. The van der Waals surface area contributed by atoms with Crippen LogP contribution in [-0.4, -0.2) is 35.5 Å². The number of carbonyl (C=O) groups excluding carboxylic acids is 1. The third-order valence-electron chi connectivity index (χ3n) is 4.59. The first-order valence-corrected chi connectivity index (χ1v) is 8.09. The van der Waals surface area contributed by atoms with Gasteiger partial charge >= 0.3 is 12.1 Å². The van der Waals surface area contributed by atoms with Crippen molar-refractivity contribution in [2.45, 2.75) is 25.4 Å². The summed E-state index contributed by atoms with van der Waals surface area (Å²) >= 11 is 0. The van der Waals surface area contributed by atoms with E-state index in [9.17, 15) is 4.79 Å². The minimum atomic E-state index is -1.37. The van der Waals surface area contributed by atoms with Crippen molar-refractivity contribution in [2.24, 2.45) is 4.99 Å². The number of hydrogen-bond acceptors (Lipinski definition) is 5. The van der Waals surface area contributed by atoms with Gasteiger partial charge in [0.05, 0.1) is 11.4 Å². The molecule has 1 atom stereocenters. The predicted molar refractivity (Wildman–Crippen MR) is 94.0 cm³/mol. The molecule has 128 valence electrons. The summed E-state index contributed by atoms with van der Waals surface area (Å²) in [6.07, 6.45) is -0.517. The Labute approximate surface area is 146 Å². The van der Waals surface area contributed by atoms with E-state index < -0.39 is 17.6 Å². The average molecular weight is 337 g/mol. The molecule has 4 rings (SSSR count). The molecule has 6 heteroatoms. The topological polar surface area (TPSA) is 54.4 Å². The Bertz CT molecular complexity index is 836. The third kappa shape index (κ3) is 2.11. The summed E-state index contributed by atoms with van der Waals surface area (Å²) in [6, 6.07) is 19.1. The molecule has 2 heterocycles. The molecule has 0 aliphatic carbocycles. The van der Waals surface area contributed by atoms with Crippen LogP contribution in [0.2, 0.25) is 0 Å². The van der Waals surface area contributed by atoms with Gasteiger partial charge in [0, 0.05) is 7.11 Å². The molecule has 1 fully saturated rings. The minimum absolute atomic E-state index is 0.517. The highest BCUT2D eigenvalue weighted by Gasteiger charge is 2.66. The van der Waals surface area contributed by atoms with Crippen molar-refractivity contribution in [1.82, 2.24) is 5.06 Å². The lowest BCUT2D eigenvalue weighted by Crippen LogP contribution is -2.56. The Morgan fingerprint density at radius 3 is 2.20 bits per heavy atom.